The number of carbonyl (C=O) groups is 1. The van der Waals surface area contributed by atoms with Crippen LogP contribution < -0.4 is 15.5 Å². The predicted octanol–water partition coefficient (Wildman–Crippen LogP) is 3.85. The maximum Gasteiger partial charge on any atom is 0.319 e. The second kappa shape index (κ2) is 8.61. The number of benzene rings is 2. The van der Waals surface area contributed by atoms with Gasteiger partial charge in [0.25, 0.3) is 0 Å². The highest BCUT2D eigenvalue weighted by Crippen LogP contribution is 2.23. The topological polar surface area (TPSA) is 62.2 Å². The lowest BCUT2D eigenvalue weighted by Crippen LogP contribution is -2.28. The summed E-state index contributed by atoms with van der Waals surface area (Å²) in [4.78, 5) is 14.7. The summed E-state index contributed by atoms with van der Waals surface area (Å²) in [7, 11) is 0. The molecule has 2 N–H and O–H groups in total. The van der Waals surface area contributed by atoms with E-state index in [4.69, 9.17) is 0 Å². The Kier molecular flexibility index (Phi) is 5.56. The summed E-state index contributed by atoms with van der Waals surface area (Å²) in [6.07, 6.45) is 6.17. The predicted molar refractivity (Wildman–Crippen MR) is 112 cm³/mol. The second-order valence-corrected chi connectivity index (χ2v) is 7.02. The molecule has 0 atom stereocenters. The summed E-state index contributed by atoms with van der Waals surface area (Å²) in [5.74, 6) is 0. The van der Waals surface area contributed by atoms with Gasteiger partial charge in [-0.25, -0.2) is 4.79 Å². The zero-order valence-corrected chi connectivity index (χ0v) is 15.8. The van der Waals surface area contributed by atoms with Crippen molar-refractivity contribution in [1.29, 1.82) is 0 Å². The summed E-state index contributed by atoms with van der Waals surface area (Å²) >= 11 is 0. The fourth-order valence-corrected chi connectivity index (χ4v) is 3.56. The molecule has 0 spiro atoms. The molecule has 2 amide bonds. The molecule has 1 saturated heterocycles. The normalized spacial score (nSPS) is 13.5. The Labute approximate surface area is 165 Å². The van der Waals surface area contributed by atoms with E-state index in [0.29, 0.717) is 13.1 Å². The van der Waals surface area contributed by atoms with E-state index < -0.39 is 0 Å². The molecule has 2 aromatic carbocycles. The summed E-state index contributed by atoms with van der Waals surface area (Å²) in [5, 5.41) is 10.2. The highest BCUT2D eigenvalue weighted by atomic mass is 16.2. The molecule has 0 saturated carbocycles. The second-order valence-electron chi connectivity index (χ2n) is 7.02. The lowest BCUT2D eigenvalue weighted by molar-refractivity contribution is 0.251. The number of aromatic nitrogens is 2. The van der Waals surface area contributed by atoms with Gasteiger partial charge in [-0.2, -0.15) is 5.10 Å². The van der Waals surface area contributed by atoms with Crippen molar-refractivity contribution >= 4 is 17.4 Å². The molecule has 3 aromatic rings. The van der Waals surface area contributed by atoms with Gasteiger partial charge in [-0.1, -0.05) is 30.3 Å². The number of nitrogens with one attached hydrogen (secondary N) is 2. The van der Waals surface area contributed by atoms with Crippen molar-refractivity contribution in [3.8, 4) is 0 Å². The van der Waals surface area contributed by atoms with Gasteiger partial charge in [-0.05, 0) is 48.2 Å². The van der Waals surface area contributed by atoms with E-state index in [0.717, 1.165) is 29.9 Å². The standard InChI is InChI=1S/C22H25N5O/c28-22(25-20-9-5-10-21(15-20)26-12-3-4-13-26)23-16-18-7-1-2-8-19(18)17-27-14-6-11-24-27/h1-2,5-11,14-15H,3-4,12-13,16-17H2,(H2,23,25,28). The highest BCUT2D eigenvalue weighted by molar-refractivity contribution is 5.89. The van der Waals surface area contributed by atoms with Crippen LogP contribution in [-0.2, 0) is 13.1 Å². The van der Waals surface area contributed by atoms with Crippen molar-refractivity contribution in [3.63, 3.8) is 0 Å². The minimum Gasteiger partial charge on any atom is -0.371 e. The first-order valence-corrected chi connectivity index (χ1v) is 9.72. The van der Waals surface area contributed by atoms with Crippen LogP contribution in [0.1, 0.15) is 24.0 Å². The van der Waals surface area contributed by atoms with Crippen molar-refractivity contribution in [2.24, 2.45) is 0 Å². The summed E-state index contributed by atoms with van der Waals surface area (Å²) in [6.45, 7) is 3.32. The molecule has 1 aliphatic rings. The zero-order chi connectivity index (χ0) is 19.2. The molecule has 0 unspecified atom stereocenters. The first-order chi connectivity index (χ1) is 13.8. The number of hydrogen-bond donors (Lipinski definition) is 2. The third-order valence-electron chi connectivity index (χ3n) is 5.02. The molecule has 0 radical (unpaired) electrons. The van der Waals surface area contributed by atoms with Gasteiger partial charge < -0.3 is 15.5 Å². The lowest BCUT2D eigenvalue weighted by Gasteiger charge is -2.18. The Morgan fingerprint density at radius 2 is 1.82 bits per heavy atom. The largest absolute Gasteiger partial charge is 0.371 e. The van der Waals surface area contributed by atoms with Crippen molar-refractivity contribution in [3.05, 3.63) is 78.1 Å². The molecule has 0 bridgehead atoms. The van der Waals surface area contributed by atoms with E-state index in [-0.39, 0.29) is 6.03 Å². The quantitative estimate of drug-likeness (QED) is 0.688. The molecule has 6 nitrogen and oxygen atoms in total. The number of amides is 2. The van der Waals surface area contributed by atoms with Crippen LogP contribution in [0.2, 0.25) is 0 Å². The number of carbonyl (C=O) groups excluding carboxylic acids is 1. The van der Waals surface area contributed by atoms with Crippen molar-refractivity contribution in [1.82, 2.24) is 15.1 Å². The smallest absolute Gasteiger partial charge is 0.319 e. The van der Waals surface area contributed by atoms with Crippen LogP contribution in [0.25, 0.3) is 0 Å². The van der Waals surface area contributed by atoms with Gasteiger partial charge in [-0.15, -0.1) is 0 Å². The van der Waals surface area contributed by atoms with Gasteiger partial charge in [0.15, 0.2) is 0 Å². The fraction of sp³-hybridized carbons (Fsp3) is 0.273. The fourth-order valence-electron chi connectivity index (χ4n) is 3.56. The van der Waals surface area contributed by atoms with Gasteiger partial charge in [0, 0.05) is 43.4 Å². The minimum absolute atomic E-state index is 0.201. The highest BCUT2D eigenvalue weighted by Gasteiger charge is 2.13. The van der Waals surface area contributed by atoms with Crippen LogP contribution >= 0.6 is 0 Å². The van der Waals surface area contributed by atoms with E-state index in [1.54, 1.807) is 6.20 Å². The monoisotopic (exact) mass is 375 g/mol. The zero-order valence-electron chi connectivity index (χ0n) is 15.8. The van der Waals surface area contributed by atoms with E-state index >= 15 is 0 Å². The van der Waals surface area contributed by atoms with Crippen molar-refractivity contribution in [2.75, 3.05) is 23.3 Å². The van der Waals surface area contributed by atoms with E-state index in [9.17, 15) is 4.79 Å². The van der Waals surface area contributed by atoms with Gasteiger partial charge >= 0.3 is 6.03 Å². The van der Waals surface area contributed by atoms with Crippen molar-refractivity contribution in [2.45, 2.75) is 25.9 Å². The molecule has 1 aliphatic heterocycles. The maximum absolute atomic E-state index is 12.4. The van der Waals surface area contributed by atoms with Crippen LogP contribution in [-0.4, -0.2) is 28.9 Å². The van der Waals surface area contributed by atoms with E-state index in [1.807, 2.05) is 53.3 Å². The molecule has 1 fully saturated rings. The van der Waals surface area contributed by atoms with E-state index in [1.165, 1.54) is 18.5 Å². The Morgan fingerprint density at radius 1 is 1.00 bits per heavy atom. The summed E-state index contributed by atoms with van der Waals surface area (Å²) in [6, 6.07) is 17.8. The number of anilines is 2. The molecular weight excluding hydrogens is 350 g/mol. The van der Waals surface area contributed by atoms with Gasteiger partial charge in [0.05, 0.1) is 6.54 Å². The molecule has 0 aliphatic carbocycles. The Hall–Kier alpha value is -3.28. The first-order valence-electron chi connectivity index (χ1n) is 9.72. The van der Waals surface area contributed by atoms with Crippen molar-refractivity contribution < 1.29 is 4.79 Å². The summed E-state index contributed by atoms with van der Waals surface area (Å²) < 4.78 is 1.88. The minimum atomic E-state index is -0.201. The Balaban J connectivity index is 1.35. The Bertz CT molecular complexity index is 916. The molecule has 2 heterocycles. The summed E-state index contributed by atoms with van der Waals surface area (Å²) in [5.41, 5.74) is 4.20. The van der Waals surface area contributed by atoms with E-state index in [2.05, 4.69) is 32.8 Å². The average Bonchev–Trinajstić information content (AvgIpc) is 3.42. The van der Waals surface area contributed by atoms with Gasteiger partial charge in [-0.3, -0.25) is 4.68 Å². The molecule has 1 aromatic heterocycles. The van der Waals surface area contributed by atoms with Crippen LogP contribution in [0.15, 0.2) is 67.0 Å². The van der Waals surface area contributed by atoms with Gasteiger partial charge in [0.1, 0.15) is 0 Å². The van der Waals surface area contributed by atoms with Crippen LogP contribution in [0.3, 0.4) is 0 Å². The van der Waals surface area contributed by atoms with Gasteiger partial charge in [0.2, 0.25) is 0 Å². The number of urea groups is 1. The molecule has 28 heavy (non-hydrogen) atoms. The third kappa shape index (κ3) is 4.52. The lowest BCUT2D eigenvalue weighted by atomic mass is 10.1. The van der Waals surface area contributed by atoms with Crippen LogP contribution in [0, 0.1) is 0 Å². The SMILES string of the molecule is O=C(NCc1ccccc1Cn1cccn1)Nc1cccc(N2CCCC2)c1. The molecule has 4 rings (SSSR count). The molecular formula is C22H25N5O. The van der Waals surface area contributed by atoms with Crippen LogP contribution in [0.4, 0.5) is 16.2 Å². The first kappa shape index (κ1) is 18.1. The Morgan fingerprint density at radius 3 is 2.61 bits per heavy atom. The molecule has 144 valence electrons. The number of rotatable bonds is 6. The van der Waals surface area contributed by atoms with Crippen LogP contribution in [0.5, 0.6) is 0 Å². The molecule has 6 heteroatoms. The number of hydrogen-bond acceptors (Lipinski definition) is 3. The number of nitrogens with zero attached hydrogens (tertiary/aromatic N) is 3. The maximum atomic E-state index is 12.4. The average molecular weight is 375 g/mol. The third-order valence-corrected chi connectivity index (χ3v) is 5.02.